The first kappa shape index (κ1) is 16.0. The van der Waals surface area contributed by atoms with Crippen LogP contribution in [0.5, 0.6) is 0 Å². The second-order valence-electron chi connectivity index (χ2n) is 5.69. The van der Waals surface area contributed by atoms with E-state index in [2.05, 4.69) is 54.7 Å². The van der Waals surface area contributed by atoms with Crippen molar-refractivity contribution in [3.63, 3.8) is 0 Å². The van der Waals surface area contributed by atoms with Crippen LogP contribution in [-0.4, -0.2) is 28.0 Å². The molecule has 0 amide bonds. The first-order chi connectivity index (χ1) is 8.79. The fraction of sp³-hybridized carbons (Fsp3) is 0.692. The monoisotopic (exact) mass is 283 g/mol. The molecule has 1 unspecified atom stereocenters. The first-order valence-electron chi connectivity index (χ1n) is 6.42. The Morgan fingerprint density at radius 2 is 1.84 bits per heavy atom. The molecule has 0 radical (unpaired) electrons. The van der Waals surface area contributed by atoms with Gasteiger partial charge in [-0.05, 0) is 13.2 Å². The van der Waals surface area contributed by atoms with Gasteiger partial charge >= 0.3 is 0 Å². The molecule has 1 rings (SSSR count). The van der Waals surface area contributed by atoms with E-state index in [9.17, 15) is 0 Å². The van der Waals surface area contributed by atoms with Crippen LogP contribution < -0.4 is 16.6 Å². The normalized spacial score (nSPS) is 13.2. The highest BCUT2D eigenvalue weighted by molar-refractivity contribution is 7.99. The smallest absolute Gasteiger partial charge is 0.148 e. The molecule has 5 nitrogen and oxygen atoms in total. The molecule has 108 valence electrons. The van der Waals surface area contributed by atoms with Gasteiger partial charge in [-0.1, -0.05) is 27.7 Å². The molecular weight excluding hydrogens is 258 g/mol. The van der Waals surface area contributed by atoms with Gasteiger partial charge in [-0.25, -0.2) is 15.8 Å². The van der Waals surface area contributed by atoms with Crippen molar-refractivity contribution in [2.75, 3.05) is 23.5 Å². The average molecular weight is 283 g/mol. The van der Waals surface area contributed by atoms with Crippen LogP contribution in [0.15, 0.2) is 0 Å². The summed E-state index contributed by atoms with van der Waals surface area (Å²) in [5.41, 5.74) is 3.49. The summed E-state index contributed by atoms with van der Waals surface area (Å²) in [4.78, 5) is 9.11. The highest BCUT2D eigenvalue weighted by Gasteiger charge is 2.21. The Labute approximate surface area is 120 Å². The molecule has 1 heterocycles. The largest absolute Gasteiger partial charge is 0.369 e. The molecule has 19 heavy (non-hydrogen) atoms. The number of anilines is 2. The lowest BCUT2D eigenvalue weighted by Crippen LogP contribution is -2.22. The minimum Gasteiger partial charge on any atom is -0.369 e. The third-order valence-corrected chi connectivity index (χ3v) is 3.88. The summed E-state index contributed by atoms with van der Waals surface area (Å²) < 4.78 is 0. The SMILES string of the molecule is CSC(C)CNc1nc(C(C)(C)C)nc(NN)c1C. The van der Waals surface area contributed by atoms with Gasteiger partial charge in [0.15, 0.2) is 0 Å². The first-order valence-corrected chi connectivity index (χ1v) is 7.70. The molecule has 4 N–H and O–H groups in total. The van der Waals surface area contributed by atoms with E-state index in [1.165, 1.54) is 0 Å². The summed E-state index contributed by atoms with van der Waals surface area (Å²) in [6.07, 6.45) is 2.10. The van der Waals surface area contributed by atoms with Crippen LogP contribution in [0.2, 0.25) is 0 Å². The van der Waals surface area contributed by atoms with Crippen LogP contribution in [0.4, 0.5) is 11.6 Å². The fourth-order valence-electron chi connectivity index (χ4n) is 1.49. The van der Waals surface area contributed by atoms with Crippen molar-refractivity contribution in [1.82, 2.24) is 9.97 Å². The Morgan fingerprint density at radius 3 is 2.32 bits per heavy atom. The maximum Gasteiger partial charge on any atom is 0.148 e. The van der Waals surface area contributed by atoms with Crippen LogP contribution in [0.1, 0.15) is 39.1 Å². The Morgan fingerprint density at radius 1 is 1.26 bits per heavy atom. The summed E-state index contributed by atoms with van der Waals surface area (Å²) in [7, 11) is 0. The summed E-state index contributed by atoms with van der Waals surface area (Å²) in [6, 6.07) is 0. The van der Waals surface area contributed by atoms with Gasteiger partial charge in [-0.3, -0.25) is 0 Å². The van der Waals surface area contributed by atoms with Crippen molar-refractivity contribution in [3.8, 4) is 0 Å². The molecule has 1 atom stereocenters. The molecule has 0 aliphatic heterocycles. The van der Waals surface area contributed by atoms with E-state index in [1.54, 1.807) is 0 Å². The standard InChI is InChI=1S/C13H25N5S/c1-8(19-6)7-15-10-9(2)11(18-14)17-12(16-10)13(3,4)5/h8H,7,14H2,1-6H3,(H2,15,16,17,18). The third-order valence-electron chi connectivity index (χ3n) is 2.91. The van der Waals surface area contributed by atoms with Crippen molar-refractivity contribution in [2.24, 2.45) is 5.84 Å². The predicted molar refractivity (Wildman–Crippen MR) is 84.7 cm³/mol. The lowest BCUT2D eigenvalue weighted by Gasteiger charge is -2.21. The zero-order valence-corrected chi connectivity index (χ0v) is 13.5. The zero-order chi connectivity index (χ0) is 14.6. The number of hydrogen-bond acceptors (Lipinski definition) is 6. The number of nitrogen functional groups attached to an aromatic ring is 1. The summed E-state index contributed by atoms with van der Waals surface area (Å²) in [6.45, 7) is 11.3. The van der Waals surface area contributed by atoms with Crippen LogP contribution >= 0.6 is 11.8 Å². The highest BCUT2D eigenvalue weighted by atomic mass is 32.2. The van der Waals surface area contributed by atoms with E-state index >= 15 is 0 Å². The Kier molecular flexibility index (Phi) is 5.43. The number of nitrogens with one attached hydrogen (secondary N) is 2. The topological polar surface area (TPSA) is 75.9 Å². The van der Waals surface area contributed by atoms with E-state index < -0.39 is 0 Å². The minimum atomic E-state index is -0.110. The summed E-state index contributed by atoms with van der Waals surface area (Å²) >= 11 is 1.82. The Hall–Kier alpha value is -1.01. The van der Waals surface area contributed by atoms with Crippen molar-refractivity contribution in [2.45, 2.75) is 45.3 Å². The molecule has 0 spiro atoms. The van der Waals surface area contributed by atoms with E-state index in [-0.39, 0.29) is 5.41 Å². The van der Waals surface area contributed by atoms with Gasteiger partial charge in [0.25, 0.3) is 0 Å². The molecular formula is C13H25N5S. The van der Waals surface area contributed by atoms with Crippen molar-refractivity contribution >= 4 is 23.4 Å². The van der Waals surface area contributed by atoms with Crippen molar-refractivity contribution in [3.05, 3.63) is 11.4 Å². The summed E-state index contributed by atoms with van der Waals surface area (Å²) in [5.74, 6) is 7.86. The lowest BCUT2D eigenvalue weighted by atomic mass is 9.95. The van der Waals surface area contributed by atoms with Gasteiger partial charge in [0, 0.05) is 22.8 Å². The molecule has 0 aliphatic carbocycles. The Bertz CT molecular complexity index is 428. The van der Waals surface area contributed by atoms with Gasteiger partial charge in [-0.2, -0.15) is 11.8 Å². The number of rotatable bonds is 5. The molecule has 0 aliphatic rings. The molecule has 0 saturated carbocycles. The number of hydrogen-bond donors (Lipinski definition) is 3. The number of nitrogens with zero attached hydrogens (tertiary/aromatic N) is 2. The summed E-state index contributed by atoms with van der Waals surface area (Å²) in [5, 5.41) is 3.91. The van der Waals surface area contributed by atoms with E-state index in [4.69, 9.17) is 5.84 Å². The van der Waals surface area contributed by atoms with E-state index in [1.807, 2.05) is 18.7 Å². The lowest BCUT2D eigenvalue weighted by molar-refractivity contribution is 0.546. The van der Waals surface area contributed by atoms with Crippen LogP contribution in [0, 0.1) is 6.92 Å². The minimum absolute atomic E-state index is 0.110. The molecule has 0 fully saturated rings. The molecule has 0 saturated heterocycles. The quantitative estimate of drug-likeness (QED) is 0.569. The molecule has 0 aromatic carbocycles. The highest BCUT2D eigenvalue weighted by Crippen LogP contribution is 2.26. The zero-order valence-electron chi connectivity index (χ0n) is 12.7. The van der Waals surface area contributed by atoms with Crippen LogP contribution in [0.3, 0.4) is 0 Å². The van der Waals surface area contributed by atoms with Gasteiger partial charge in [0.1, 0.15) is 17.5 Å². The molecule has 0 bridgehead atoms. The Balaban J connectivity index is 3.08. The van der Waals surface area contributed by atoms with Gasteiger partial charge < -0.3 is 10.7 Å². The molecule has 1 aromatic heterocycles. The maximum absolute atomic E-state index is 5.54. The van der Waals surface area contributed by atoms with Crippen molar-refractivity contribution < 1.29 is 0 Å². The second kappa shape index (κ2) is 6.43. The van der Waals surface area contributed by atoms with Gasteiger partial charge in [0.2, 0.25) is 0 Å². The average Bonchev–Trinajstić information content (AvgIpc) is 2.35. The van der Waals surface area contributed by atoms with E-state index in [0.29, 0.717) is 11.1 Å². The van der Waals surface area contributed by atoms with Gasteiger partial charge in [0.05, 0.1) is 0 Å². The number of nitrogens with two attached hydrogens (primary N) is 1. The van der Waals surface area contributed by atoms with Crippen LogP contribution in [-0.2, 0) is 5.41 Å². The predicted octanol–water partition coefficient (Wildman–Crippen LogP) is 2.53. The fourth-order valence-corrected chi connectivity index (χ4v) is 1.74. The number of aromatic nitrogens is 2. The van der Waals surface area contributed by atoms with Crippen molar-refractivity contribution in [1.29, 1.82) is 0 Å². The van der Waals surface area contributed by atoms with E-state index in [0.717, 1.165) is 23.8 Å². The van der Waals surface area contributed by atoms with Crippen LogP contribution in [0.25, 0.3) is 0 Å². The second-order valence-corrected chi connectivity index (χ2v) is 6.97. The number of hydrazine groups is 1. The third kappa shape index (κ3) is 4.24. The van der Waals surface area contributed by atoms with Gasteiger partial charge in [-0.15, -0.1) is 0 Å². The molecule has 1 aromatic rings. The number of thioether (sulfide) groups is 1. The maximum atomic E-state index is 5.54. The molecule has 6 heteroatoms.